The first kappa shape index (κ1) is 28.2. The highest BCUT2D eigenvalue weighted by molar-refractivity contribution is 7.13. The van der Waals surface area contributed by atoms with E-state index in [0.717, 1.165) is 34.9 Å². The first-order valence-electron chi connectivity index (χ1n) is 11.6. The van der Waals surface area contributed by atoms with E-state index in [1.807, 2.05) is 33.3 Å². The Hall–Kier alpha value is -3.00. The molecule has 0 unspecified atom stereocenters. The molecule has 2 aromatic carbocycles. The maximum absolute atomic E-state index is 12.9. The second-order valence-corrected chi connectivity index (χ2v) is 9.20. The molecule has 4 nitrogen and oxygen atoms in total. The number of anilines is 4. The summed E-state index contributed by atoms with van der Waals surface area (Å²) in [6.07, 6.45) is -4.35. The van der Waals surface area contributed by atoms with Gasteiger partial charge in [0.05, 0.1) is 17.8 Å². The van der Waals surface area contributed by atoms with E-state index in [4.69, 9.17) is 4.98 Å². The van der Waals surface area contributed by atoms with Gasteiger partial charge >= 0.3 is 6.18 Å². The molecule has 0 atom stereocenters. The second-order valence-electron chi connectivity index (χ2n) is 8.37. The average Bonchev–Trinajstić information content (AvgIpc) is 3.31. The lowest BCUT2D eigenvalue weighted by atomic mass is 10.1. The minimum absolute atomic E-state index is 0.256. The molecule has 190 valence electrons. The van der Waals surface area contributed by atoms with Crippen LogP contribution in [0.5, 0.6) is 0 Å². The lowest BCUT2D eigenvalue weighted by Gasteiger charge is -2.29. The van der Waals surface area contributed by atoms with E-state index >= 15 is 0 Å². The number of aromatic nitrogens is 1. The van der Waals surface area contributed by atoms with Gasteiger partial charge in [-0.1, -0.05) is 34.3 Å². The van der Waals surface area contributed by atoms with Crippen molar-refractivity contribution in [1.82, 2.24) is 4.98 Å². The predicted molar refractivity (Wildman–Crippen MR) is 144 cm³/mol. The maximum Gasteiger partial charge on any atom is 0.416 e. The molecule has 0 aliphatic heterocycles. The number of halogens is 3. The lowest BCUT2D eigenvalue weighted by molar-refractivity contribution is -0.137. The van der Waals surface area contributed by atoms with Crippen molar-refractivity contribution in [3.05, 3.63) is 77.4 Å². The van der Waals surface area contributed by atoms with Gasteiger partial charge in [0.2, 0.25) is 0 Å². The predicted octanol–water partition coefficient (Wildman–Crippen LogP) is 8.20. The third kappa shape index (κ3) is 7.24. The van der Waals surface area contributed by atoms with Crippen LogP contribution in [0.2, 0.25) is 0 Å². The van der Waals surface area contributed by atoms with E-state index in [1.54, 1.807) is 11.9 Å². The van der Waals surface area contributed by atoms with E-state index in [9.17, 15) is 13.2 Å². The summed E-state index contributed by atoms with van der Waals surface area (Å²) in [4.78, 5) is 10.7. The Labute approximate surface area is 211 Å². The lowest BCUT2D eigenvalue weighted by Crippen LogP contribution is -2.24. The molecular formula is C27H35F3N4S. The summed E-state index contributed by atoms with van der Waals surface area (Å²) in [6.45, 7) is 13.1. The molecule has 0 aliphatic carbocycles. The highest BCUT2D eigenvalue weighted by Crippen LogP contribution is 2.33. The summed E-state index contributed by atoms with van der Waals surface area (Å²) in [5.74, 6) is 0.256. The summed E-state index contributed by atoms with van der Waals surface area (Å²) < 4.78 is 38.6. The average molecular weight is 505 g/mol. The van der Waals surface area contributed by atoms with Gasteiger partial charge < -0.3 is 14.7 Å². The molecule has 3 aromatic rings. The van der Waals surface area contributed by atoms with Crippen LogP contribution in [0.15, 0.2) is 66.2 Å². The van der Waals surface area contributed by atoms with Gasteiger partial charge in [0.1, 0.15) is 0 Å². The Kier molecular flexibility index (Phi) is 9.77. The maximum atomic E-state index is 12.9. The highest BCUT2D eigenvalue weighted by atomic mass is 32.1. The zero-order valence-electron chi connectivity index (χ0n) is 21.5. The molecule has 0 radical (unpaired) electrons. The zero-order valence-corrected chi connectivity index (χ0v) is 22.3. The summed E-state index contributed by atoms with van der Waals surface area (Å²) in [7, 11) is 5.81. The second kappa shape index (κ2) is 12.1. The molecule has 0 bridgehead atoms. The minimum Gasteiger partial charge on any atom is -0.378 e. The number of alkyl halides is 3. The summed E-state index contributed by atoms with van der Waals surface area (Å²) in [5, 5.41) is 2.69. The van der Waals surface area contributed by atoms with Gasteiger partial charge in [0.15, 0.2) is 5.13 Å². The standard InChI is InChI=1S/C25H29F3N4S.C2H6/c1-17(2)18(3)32(23-13-11-21(12-14-23)30(4)5)15-20-16-33-24(29-20)31(6)22-9-7-19(8-10-22)25(26,27)28;1-2/h7-14,16-17H,3,15H2,1-2,4-6H3;1-2H3. The SMILES string of the molecule is C=C(C(C)C)N(Cc1csc(N(C)c2ccc(C(F)(F)F)cc2)n1)c1ccc(N(C)C)cc1.CC. The van der Waals surface area contributed by atoms with Crippen LogP contribution >= 0.6 is 11.3 Å². The van der Waals surface area contributed by atoms with E-state index in [0.29, 0.717) is 17.4 Å². The van der Waals surface area contributed by atoms with Gasteiger partial charge in [0.25, 0.3) is 0 Å². The van der Waals surface area contributed by atoms with Crippen molar-refractivity contribution in [3.8, 4) is 0 Å². The first-order chi connectivity index (χ1) is 16.5. The Balaban J connectivity index is 0.00000210. The fourth-order valence-electron chi connectivity index (χ4n) is 3.27. The molecule has 1 aromatic heterocycles. The van der Waals surface area contributed by atoms with Crippen molar-refractivity contribution < 1.29 is 13.2 Å². The monoisotopic (exact) mass is 504 g/mol. The normalized spacial score (nSPS) is 11.1. The molecule has 0 aliphatic rings. The van der Waals surface area contributed by atoms with Crippen LogP contribution < -0.4 is 14.7 Å². The van der Waals surface area contributed by atoms with E-state index in [2.05, 4.69) is 54.5 Å². The molecule has 0 N–H and O–H groups in total. The number of benzene rings is 2. The van der Waals surface area contributed by atoms with Crippen LogP contribution in [0.4, 0.5) is 35.4 Å². The van der Waals surface area contributed by atoms with Crippen LogP contribution in [0.1, 0.15) is 39.0 Å². The Bertz CT molecular complexity index is 1070. The molecule has 0 spiro atoms. The van der Waals surface area contributed by atoms with Gasteiger partial charge in [-0.15, -0.1) is 11.3 Å². The molecule has 35 heavy (non-hydrogen) atoms. The van der Waals surface area contributed by atoms with E-state index in [1.165, 1.54) is 23.5 Å². The zero-order chi connectivity index (χ0) is 26.3. The van der Waals surface area contributed by atoms with Crippen molar-refractivity contribution in [3.63, 3.8) is 0 Å². The minimum atomic E-state index is -4.35. The van der Waals surface area contributed by atoms with Gasteiger partial charge in [-0.2, -0.15) is 13.2 Å². The Morgan fingerprint density at radius 3 is 1.91 bits per heavy atom. The van der Waals surface area contributed by atoms with Crippen LogP contribution in [-0.4, -0.2) is 26.1 Å². The van der Waals surface area contributed by atoms with Crippen LogP contribution in [-0.2, 0) is 12.7 Å². The van der Waals surface area contributed by atoms with Crippen molar-refractivity contribution in [2.75, 3.05) is 35.8 Å². The fourth-order valence-corrected chi connectivity index (χ4v) is 4.07. The van der Waals surface area contributed by atoms with Gasteiger partial charge in [0, 0.05) is 49.3 Å². The third-order valence-electron chi connectivity index (χ3n) is 5.42. The number of hydrogen-bond donors (Lipinski definition) is 0. The van der Waals surface area contributed by atoms with Crippen molar-refractivity contribution in [2.24, 2.45) is 5.92 Å². The largest absolute Gasteiger partial charge is 0.416 e. The summed E-state index contributed by atoms with van der Waals surface area (Å²) in [5.41, 5.74) is 3.98. The molecule has 0 amide bonds. The molecule has 0 saturated carbocycles. The summed E-state index contributed by atoms with van der Waals surface area (Å²) in [6, 6.07) is 13.4. The molecule has 0 saturated heterocycles. The van der Waals surface area contributed by atoms with Crippen molar-refractivity contribution in [2.45, 2.75) is 40.4 Å². The van der Waals surface area contributed by atoms with Crippen molar-refractivity contribution >= 4 is 33.5 Å². The number of hydrogen-bond acceptors (Lipinski definition) is 5. The van der Waals surface area contributed by atoms with Crippen molar-refractivity contribution in [1.29, 1.82) is 0 Å². The topological polar surface area (TPSA) is 22.6 Å². The molecule has 3 rings (SSSR count). The third-order valence-corrected chi connectivity index (χ3v) is 6.39. The first-order valence-corrected chi connectivity index (χ1v) is 12.4. The van der Waals surface area contributed by atoms with E-state index in [-0.39, 0.29) is 5.92 Å². The number of nitrogens with zero attached hydrogens (tertiary/aromatic N) is 4. The molecule has 8 heteroatoms. The van der Waals surface area contributed by atoms with Crippen LogP contribution in [0.3, 0.4) is 0 Å². The molecule has 1 heterocycles. The number of thiazole rings is 1. The Morgan fingerprint density at radius 1 is 0.914 bits per heavy atom. The van der Waals surface area contributed by atoms with E-state index < -0.39 is 11.7 Å². The number of allylic oxidation sites excluding steroid dienone is 1. The molecular weight excluding hydrogens is 469 g/mol. The number of rotatable bonds is 8. The smallest absolute Gasteiger partial charge is 0.378 e. The highest BCUT2D eigenvalue weighted by Gasteiger charge is 2.30. The van der Waals surface area contributed by atoms with Gasteiger partial charge in [-0.25, -0.2) is 4.98 Å². The summed E-state index contributed by atoms with van der Waals surface area (Å²) >= 11 is 1.46. The van der Waals surface area contributed by atoms with Crippen LogP contribution in [0.25, 0.3) is 0 Å². The van der Waals surface area contributed by atoms with Gasteiger partial charge in [-0.05, 0) is 54.4 Å². The molecule has 0 fully saturated rings. The fraction of sp³-hybridized carbons (Fsp3) is 0.370. The quantitative estimate of drug-likeness (QED) is 0.308. The van der Waals surface area contributed by atoms with Gasteiger partial charge in [-0.3, -0.25) is 0 Å². The Morgan fingerprint density at radius 2 is 1.43 bits per heavy atom. The van der Waals surface area contributed by atoms with Crippen LogP contribution in [0, 0.1) is 5.92 Å².